The Morgan fingerprint density at radius 3 is 1.78 bits per heavy atom. The molecule has 0 amide bonds. The summed E-state index contributed by atoms with van der Waals surface area (Å²) in [6.07, 6.45) is 7.95. The summed E-state index contributed by atoms with van der Waals surface area (Å²) in [7, 11) is 0. The lowest BCUT2D eigenvalue weighted by Gasteiger charge is -2.37. The average molecular weight is 491 g/mol. The van der Waals surface area contributed by atoms with Crippen LogP contribution in [0.2, 0.25) is 0 Å². The number of hydrogen-bond donors (Lipinski definition) is 0. The van der Waals surface area contributed by atoms with E-state index in [0.717, 1.165) is 45.8 Å². The second-order valence-corrected chi connectivity index (χ2v) is 9.35. The van der Waals surface area contributed by atoms with E-state index in [9.17, 15) is 0 Å². The Hall–Kier alpha value is -2.20. The summed E-state index contributed by atoms with van der Waals surface area (Å²) in [5, 5.41) is 0. The monoisotopic (exact) mass is 490 g/mol. The quantitative estimate of drug-likeness (QED) is 0.341. The van der Waals surface area contributed by atoms with Crippen molar-refractivity contribution in [2.24, 2.45) is 11.8 Å². The highest BCUT2D eigenvalue weighted by Gasteiger charge is 2.23. The van der Waals surface area contributed by atoms with Gasteiger partial charge in [-0.15, -0.1) is 0 Å². The average Bonchev–Trinajstić information content (AvgIpc) is 3.50. The minimum atomic E-state index is 0.000378. The second kappa shape index (κ2) is 17.3. The highest BCUT2D eigenvalue weighted by Crippen LogP contribution is 2.28. The van der Waals surface area contributed by atoms with Crippen molar-refractivity contribution in [3.8, 4) is 0 Å². The SMILES string of the molecule is CC.CC.CC(CN1CCN(CCOC(c2ccccc2)c2ccccc2)CC1)C(C)C1=CC=CC1. The van der Waals surface area contributed by atoms with Crippen LogP contribution in [0.15, 0.2) is 84.5 Å². The van der Waals surface area contributed by atoms with Gasteiger partial charge in [0, 0.05) is 39.3 Å². The van der Waals surface area contributed by atoms with E-state index in [4.69, 9.17) is 4.74 Å². The minimum absolute atomic E-state index is 0.000378. The first-order valence-corrected chi connectivity index (χ1v) is 14.2. The zero-order valence-corrected chi connectivity index (χ0v) is 23.7. The molecule has 2 aliphatic rings. The van der Waals surface area contributed by atoms with E-state index < -0.39 is 0 Å². The Morgan fingerprint density at radius 1 is 0.750 bits per heavy atom. The van der Waals surface area contributed by atoms with Gasteiger partial charge in [0.25, 0.3) is 0 Å². The van der Waals surface area contributed by atoms with Crippen molar-refractivity contribution in [3.05, 3.63) is 95.6 Å². The van der Waals surface area contributed by atoms with E-state index in [0.29, 0.717) is 11.8 Å². The summed E-state index contributed by atoms with van der Waals surface area (Å²) in [6, 6.07) is 21.2. The number of rotatable bonds is 10. The summed E-state index contributed by atoms with van der Waals surface area (Å²) < 4.78 is 6.43. The lowest BCUT2D eigenvalue weighted by Crippen LogP contribution is -2.48. The van der Waals surface area contributed by atoms with E-state index in [1.54, 1.807) is 5.57 Å². The van der Waals surface area contributed by atoms with E-state index in [-0.39, 0.29) is 6.10 Å². The van der Waals surface area contributed by atoms with Crippen molar-refractivity contribution < 1.29 is 4.74 Å². The van der Waals surface area contributed by atoms with Crippen molar-refractivity contribution in [1.82, 2.24) is 9.80 Å². The maximum Gasteiger partial charge on any atom is 0.108 e. The Balaban J connectivity index is 0.00000109. The molecule has 198 valence electrons. The Bertz CT molecular complexity index is 830. The third-order valence-electron chi connectivity index (χ3n) is 7.15. The molecule has 1 heterocycles. The molecule has 2 unspecified atom stereocenters. The molecule has 2 aromatic rings. The number of ether oxygens (including phenoxy) is 1. The maximum absolute atomic E-state index is 6.43. The summed E-state index contributed by atoms with van der Waals surface area (Å²) in [6.45, 7) is 20.4. The van der Waals surface area contributed by atoms with Gasteiger partial charge in [-0.2, -0.15) is 0 Å². The van der Waals surface area contributed by atoms with Gasteiger partial charge in [-0.25, -0.2) is 0 Å². The van der Waals surface area contributed by atoms with Gasteiger partial charge in [-0.1, -0.05) is 126 Å². The van der Waals surface area contributed by atoms with Crippen LogP contribution < -0.4 is 0 Å². The van der Waals surface area contributed by atoms with Crippen LogP contribution in [0.25, 0.3) is 0 Å². The van der Waals surface area contributed by atoms with Gasteiger partial charge in [0.1, 0.15) is 6.10 Å². The lowest BCUT2D eigenvalue weighted by atomic mass is 9.87. The molecule has 1 fully saturated rings. The van der Waals surface area contributed by atoms with E-state index in [1.807, 2.05) is 27.7 Å². The van der Waals surface area contributed by atoms with Crippen LogP contribution in [-0.2, 0) is 4.74 Å². The Kier molecular flexibility index (Phi) is 14.4. The number of piperazine rings is 1. The van der Waals surface area contributed by atoms with Crippen molar-refractivity contribution in [2.75, 3.05) is 45.9 Å². The molecule has 1 aliphatic heterocycles. The van der Waals surface area contributed by atoms with Crippen LogP contribution in [-0.4, -0.2) is 55.7 Å². The predicted molar refractivity (Wildman–Crippen MR) is 156 cm³/mol. The van der Waals surface area contributed by atoms with Crippen LogP contribution in [0.3, 0.4) is 0 Å². The molecular weight excluding hydrogens is 440 g/mol. The normalized spacial score (nSPS) is 17.5. The molecule has 1 saturated heterocycles. The summed E-state index contributed by atoms with van der Waals surface area (Å²) in [4.78, 5) is 5.21. The molecule has 0 radical (unpaired) electrons. The fourth-order valence-corrected chi connectivity index (χ4v) is 4.87. The molecule has 0 saturated carbocycles. The Morgan fingerprint density at radius 2 is 1.28 bits per heavy atom. The van der Waals surface area contributed by atoms with Crippen molar-refractivity contribution >= 4 is 0 Å². The summed E-state index contributed by atoms with van der Waals surface area (Å²) in [5.74, 6) is 1.37. The largest absolute Gasteiger partial charge is 0.367 e. The molecule has 2 aromatic carbocycles. The smallest absolute Gasteiger partial charge is 0.108 e. The van der Waals surface area contributed by atoms with Gasteiger partial charge < -0.3 is 9.64 Å². The number of hydrogen-bond acceptors (Lipinski definition) is 3. The fraction of sp³-hybridized carbons (Fsp3) is 0.515. The third kappa shape index (κ3) is 9.35. The molecule has 0 spiro atoms. The van der Waals surface area contributed by atoms with E-state index in [2.05, 4.69) is 103 Å². The standard InChI is InChI=1S/C29H38N2O.2C2H6/c1-24(25(2)26-11-9-10-12-26)23-31-19-17-30(18-20-31)21-22-32-29(27-13-5-3-6-14-27)28-15-7-4-8-16-28;2*1-2/h3-11,13-16,24-25,29H,12,17-23H2,1-2H3;2*1-2H3. The third-order valence-corrected chi connectivity index (χ3v) is 7.15. The van der Waals surface area contributed by atoms with Crippen LogP contribution in [0, 0.1) is 11.8 Å². The van der Waals surface area contributed by atoms with Crippen LogP contribution >= 0.6 is 0 Å². The zero-order chi connectivity index (χ0) is 26.2. The molecule has 4 rings (SSSR count). The highest BCUT2D eigenvalue weighted by atomic mass is 16.5. The van der Waals surface area contributed by atoms with Gasteiger partial charge in [0.05, 0.1) is 6.61 Å². The topological polar surface area (TPSA) is 15.7 Å². The minimum Gasteiger partial charge on any atom is -0.367 e. The molecule has 0 N–H and O–H groups in total. The van der Waals surface area contributed by atoms with Crippen molar-refractivity contribution in [1.29, 1.82) is 0 Å². The summed E-state index contributed by atoms with van der Waals surface area (Å²) >= 11 is 0. The number of allylic oxidation sites excluding steroid dienone is 4. The van der Waals surface area contributed by atoms with Crippen LogP contribution in [0.1, 0.15) is 65.2 Å². The second-order valence-electron chi connectivity index (χ2n) is 9.35. The molecule has 36 heavy (non-hydrogen) atoms. The lowest BCUT2D eigenvalue weighted by molar-refractivity contribution is 0.0425. The van der Waals surface area contributed by atoms with Gasteiger partial charge in [-0.3, -0.25) is 4.90 Å². The molecular formula is C33H50N2O. The van der Waals surface area contributed by atoms with Gasteiger partial charge in [0.15, 0.2) is 0 Å². The molecule has 3 heteroatoms. The van der Waals surface area contributed by atoms with Crippen molar-refractivity contribution in [3.63, 3.8) is 0 Å². The highest BCUT2D eigenvalue weighted by molar-refractivity contribution is 5.30. The zero-order valence-electron chi connectivity index (χ0n) is 23.7. The maximum atomic E-state index is 6.43. The first-order valence-electron chi connectivity index (χ1n) is 14.2. The first kappa shape index (κ1) is 30.0. The Labute approximate surface area is 221 Å². The predicted octanol–water partition coefficient (Wildman–Crippen LogP) is 7.62. The number of benzene rings is 2. The molecule has 0 bridgehead atoms. The van der Waals surface area contributed by atoms with Crippen LogP contribution in [0.4, 0.5) is 0 Å². The van der Waals surface area contributed by atoms with Gasteiger partial charge in [0.2, 0.25) is 0 Å². The molecule has 2 atom stereocenters. The number of nitrogens with zero attached hydrogens (tertiary/aromatic N) is 2. The van der Waals surface area contributed by atoms with Gasteiger partial charge >= 0.3 is 0 Å². The van der Waals surface area contributed by atoms with Crippen molar-refractivity contribution in [2.45, 2.75) is 54.1 Å². The van der Waals surface area contributed by atoms with E-state index in [1.165, 1.54) is 17.7 Å². The molecule has 1 aliphatic carbocycles. The fourth-order valence-electron chi connectivity index (χ4n) is 4.87. The van der Waals surface area contributed by atoms with E-state index >= 15 is 0 Å². The first-order chi connectivity index (χ1) is 17.7. The molecule has 3 nitrogen and oxygen atoms in total. The molecule has 0 aromatic heterocycles. The van der Waals surface area contributed by atoms with Gasteiger partial charge in [-0.05, 0) is 29.4 Å². The summed E-state index contributed by atoms with van der Waals surface area (Å²) in [5.41, 5.74) is 4.04. The van der Waals surface area contributed by atoms with Crippen LogP contribution in [0.5, 0.6) is 0 Å².